The molecule has 0 aliphatic heterocycles. The Morgan fingerprint density at radius 3 is 1.87 bits per heavy atom. The maximum absolute atomic E-state index is 12.6. The molecule has 0 aliphatic rings. The van der Waals surface area contributed by atoms with Crippen molar-refractivity contribution in [2.75, 3.05) is 5.75 Å². The standard InChI is InChI=1S/C16H28N6O8S/c1-6(23)12(15(28)21-9(16(29)30)4-11(19)25)22-14(27)8(2-3-10(18)24)20-13(26)7(17)5-31/h6-9,12,23,31H,2-5,17H2,1H3,(H2,18,24)(H2,19,25)(H,20,26)(H,21,28)(H,22,27)(H,29,30). The van der Waals surface area contributed by atoms with Crippen molar-refractivity contribution in [2.45, 2.75) is 56.5 Å². The number of carbonyl (C=O) groups excluding carboxylic acids is 5. The fourth-order valence-corrected chi connectivity index (χ4v) is 2.40. The lowest BCUT2D eigenvalue weighted by atomic mass is 10.1. The zero-order chi connectivity index (χ0) is 24.3. The van der Waals surface area contributed by atoms with Crippen LogP contribution in [-0.4, -0.2) is 81.7 Å². The van der Waals surface area contributed by atoms with E-state index in [1.165, 1.54) is 0 Å². The summed E-state index contributed by atoms with van der Waals surface area (Å²) in [5, 5.41) is 25.4. The Morgan fingerprint density at radius 1 is 0.903 bits per heavy atom. The highest BCUT2D eigenvalue weighted by Gasteiger charge is 2.33. The van der Waals surface area contributed by atoms with Crippen LogP contribution in [-0.2, 0) is 28.8 Å². The van der Waals surface area contributed by atoms with Gasteiger partial charge in [0.05, 0.1) is 18.6 Å². The fraction of sp³-hybridized carbons (Fsp3) is 0.625. The summed E-state index contributed by atoms with van der Waals surface area (Å²) in [4.78, 5) is 70.2. The van der Waals surface area contributed by atoms with Gasteiger partial charge in [0.25, 0.3) is 0 Å². The van der Waals surface area contributed by atoms with Crippen molar-refractivity contribution < 1.29 is 39.0 Å². The number of carboxylic acid groups (broad SMARTS) is 1. The molecule has 0 aromatic rings. The van der Waals surface area contributed by atoms with E-state index in [4.69, 9.17) is 22.3 Å². The van der Waals surface area contributed by atoms with Gasteiger partial charge in [0.1, 0.15) is 18.1 Å². The molecular formula is C16H28N6O8S. The predicted molar refractivity (Wildman–Crippen MR) is 109 cm³/mol. The first-order valence-electron chi connectivity index (χ1n) is 9.05. The van der Waals surface area contributed by atoms with E-state index in [9.17, 15) is 33.9 Å². The Morgan fingerprint density at radius 2 is 1.45 bits per heavy atom. The zero-order valence-corrected chi connectivity index (χ0v) is 17.6. The molecule has 31 heavy (non-hydrogen) atoms. The van der Waals surface area contributed by atoms with E-state index in [2.05, 4.69) is 23.3 Å². The molecule has 0 bridgehead atoms. The van der Waals surface area contributed by atoms with Crippen molar-refractivity contribution in [3.05, 3.63) is 0 Å². The number of hydrogen-bond acceptors (Lipinski definition) is 9. The number of carboxylic acids is 1. The van der Waals surface area contributed by atoms with Gasteiger partial charge in [-0.15, -0.1) is 0 Å². The lowest BCUT2D eigenvalue weighted by Gasteiger charge is -2.26. The number of carbonyl (C=O) groups is 6. The third-order valence-corrected chi connectivity index (χ3v) is 4.32. The first-order chi connectivity index (χ1) is 14.3. The van der Waals surface area contributed by atoms with Gasteiger partial charge in [0.2, 0.25) is 29.5 Å². The average Bonchev–Trinajstić information content (AvgIpc) is 2.66. The number of nitrogens with one attached hydrogen (secondary N) is 3. The Balaban J connectivity index is 5.45. The average molecular weight is 465 g/mol. The third-order valence-electron chi connectivity index (χ3n) is 3.93. The smallest absolute Gasteiger partial charge is 0.326 e. The summed E-state index contributed by atoms with van der Waals surface area (Å²) in [6, 6.07) is -5.76. The molecule has 0 rings (SSSR count). The van der Waals surface area contributed by atoms with Crippen molar-refractivity contribution in [3.8, 4) is 0 Å². The summed E-state index contributed by atoms with van der Waals surface area (Å²) in [5.74, 6) is -6.20. The zero-order valence-electron chi connectivity index (χ0n) is 16.7. The first-order valence-corrected chi connectivity index (χ1v) is 9.68. The number of amides is 5. The monoisotopic (exact) mass is 464 g/mol. The number of nitrogens with two attached hydrogens (primary N) is 3. The summed E-state index contributed by atoms with van der Waals surface area (Å²) >= 11 is 3.87. The molecule has 0 heterocycles. The molecule has 11 N–H and O–H groups in total. The number of aliphatic carboxylic acids is 1. The van der Waals surface area contributed by atoms with E-state index in [0.717, 1.165) is 6.92 Å². The molecule has 0 aliphatic carbocycles. The van der Waals surface area contributed by atoms with E-state index in [1.807, 2.05) is 5.32 Å². The highest BCUT2D eigenvalue weighted by atomic mass is 32.1. The first kappa shape index (κ1) is 28.1. The molecule has 5 atom stereocenters. The lowest BCUT2D eigenvalue weighted by molar-refractivity contribution is -0.144. The maximum atomic E-state index is 12.6. The fourth-order valence-electron chi connectivity index (χ4n) is 2.24. The summed E-state index contributed by atoms with van der Waals surface area (Å²) in [6.45, 7) is 1.14. The van der Waals surface area contributed by atoms with Gasteiger partial charge in [-0.3, -0.25) is 24.0 Å². The minimum atomic E-state index is -1.69. The number of aliphatic hydroxyl groups is 1. The van der Waals surface area contributed by atoms with Crippen molar-refractivity contribution >= 4 is 48.1 Å². The van der Waals surface area contributed by atoms with E-state index < -0.39 is 72.2 Å². The Bertz CT molecular complexity index is 704. The molecule has 0 saturated carbocycles. The van der Waals surface area contributed by atoms with Gasteiger partial charge >= 0.3 is 5.97 Å². The summed E-state index contributed by atoms with van der Waals surface area (Å²) in [7, 11) is 0. The highest BCUT2D eigenvalue weighted by molar-refractivity contribution is 7.80. The second-order valence-electron chi connectivity index (χ2n) is 6.65. The summed E-state index contributed by atoms with van der Waals surface area (Å²) in [6.07, 6.45) is -2.75. The Labute approximate surface area is 183 Å². The molecule has 0 spiro atoms. The lowest BCUT2D eigenvalue weighted by Crippen LogP contribution is -2.60. The van der Waals surface area contributed by atoms with Gasteiger partial charge in [-0.2, -0.15) is 12.6 Å². The normalized spacial score (nSPS) is 15.5. The van der Waals surface area contributed by atoms with Crippen LogP contribution in [0.25, 0.3) is 0 Å². The molecule has 0 fully saturated rings. The number of hydrogen-bond donors (Lipinski definition) is 9. The molecule has 0 aromatic carbocycles. The van der Waals surface area contributed by atoms with Crippen LogP contribution in [0.2, 0.25) is 0 Å². The molecule has 0 aromatic heterocycles. The van der Waals surface area contributed by atoms with Crippen LogP contribution in [0.3, 0.4) is 0 Å². The van der Waals surface area contributed by atoms with Crippen LogP contribution in [0.1, 0.15) is 26.2 Å². The van der Waals surface area contributed by atoms with Gasteiger partial charge in [0, 0.05) is 12.2 Å². The third kappa shape index (κ3) is 10.6. The van der Waals surface area contributed by atoms with Crippen LogP contribution in [0.5, 0.6) is 0 Å². The molecule has 176 valence electrons. The second kappa shape index (κ2) is 13.4. The van der Waals surface area contributed by atoms with Crippen molar-refractivity contribution in [2.24, 2.45) is 17.2 Å². The number of rotatable bonds is 14. The molecule has 0 saturated heterocycles. The van der Waals surface area contributed by atoms with Gasteiger partial charge in [-0.25, -0.2) is 4.79 Å². The molecule has 15 heteroatoms. The number of thiol groups is 1. The summed E-state index contributed by atoms with van der Waals surface area (Å²) in [5.41, 5.74) is 15.5. The van der Waals surface area contributed by atoms with Crippen LogP contribution < -0.4 is 33.2 Å². The van der Waals surface area contributed by atoms with E-state index in [1.54, 1.807) is 0 Å². The molecule has 0 radical (unpaired) electrons. The van der Waals surface area contributed by atoms with Crippen molar-refractivity contribution in [1.29, 1.82) is 0 Å². The Kier molecular flexibility index (Phi) is 12.1. The summed E-state index contributed by atoms with van der Waals surface area (Å²) < 4.78 is 0. The minimum absolute atomic E-state index is 0.0366. The van der Waals surface area contributed by atoms with E-state index in [-0.39, 0.29) is 18.6 Å². The van der Waals surface area contributed by atoms with Crippen LogP contribution in [0, 0.1) is 0 Å². The second-order valence-corrected chi connectivity index (χ2v) is 7.02. The van der Waals surface area contributed by atoms with Crippen molar-refractivity contribution in [1.82, 2.24) is 16.0 Å². The predicted octanol–water partition coefficient (Wildman–Crippen LogP) is -4.70. The highest BCUT2D eigenvalue weighted by Crippen LogP contribution is 2.03. The van der Waals surface area contributed by atoms with Crippen LogP contribution >= 0.6 is 12.6 Å². The van der Waals surface area contributed by atoms with Crippen LogP contribution in [0.4, 0.5) is 0 Å². The van der Waals surface area contributed by atoms with Crippen molar-refractivity contribution in [3.63, 3.8) is 0 Å². The molecule has 14 nitrogen and oxygen atoms in total. The molecular weight excluding hydrogens is 436 g/mol. The minimum Gasteiger partial charge on any atom is -0.480 e. The topological polar surface area (TPSA) is 257 Å². The largest absolute Gasteiger partial charge is 0.480 e. The quantitative estimate of drug-likeness (QED) is 0.112. The van der Waals surface area contributed by atoms with Gasteiger partial charge < -0.3 is 43.4 Å². The maximum Gasteiger partial charge on any atom is 0.326 e. The van der Waals surface area contributed by atoms with Gasteiger partial charge in [-0.1, -0.05) is 0 Å². The van der Waals surface area contributed by atoms with E-state index in [0.29, 0.717) is 0 Å². The van der Waals surface area contributed by atoms with E-state index >= 15 is 0 Å². The SMILES string of the molecule is CC(O)C(NC(=O)C(CCC(N)=O)NC(=O)C(N)CS)C(=O)NC(CC(N)=O)C(=O)O. The van der Waals surface area contributed by atoms with Crippen LogP contribution in [0.15, 0.2) is 0 Å². The number of primary amides is 2. The molecule has 5 amide bonds. The van der Waals surface area contributed by atoms with Gasteiger partial charge in [-0.05, 0) is 13.3 Å². The van der Waals surface area contributed by atoms with Gasteiger partial charge in [0.15, 0.2) is 0 Å². The number of aliphatic hydroxyl groups excluding tert-OH is 1. The molecule has 5 unspecified atom stereocenters. The Hall–Kier alpha value is -2.91.